The van der Waals surface area contributed by atoms with Crippen molar-refractivity contribution in [2.45, 2.75) is 32.9 Å². The maximum atomic E-state index is 13.3. The van der Waals surface area contributed by atoms with Crippen molar-refractivity contribution in [3.63, 3.8) is 0 Å². The lowest BCUT2D eigenvalue weighted by Gasteiger charge is -2.18. The van der Waals surface area contributed by atoms with Crippen LogP contribution in [0.25, 0.3) is 22.3 Å². The number of amides is 1. The van der Waals surface area contributed by atoms with Crippen LogP contribution in [0.2, 0.25) is 0 Å². The molecule has 1 aliphatic heterocycles. The number of hydrogen-bond donors (Lipinski definition) is 0. The average Bonchev–Trinajstić information content (AvgIpc) is 3.49. The Morgan fingerprint density at radius 1 is 1.12 bits per heavy atom. The van der Waals surface area contributed by atoms with Crippen molar-refractivity contribution in [1.82, 2.24) is 29.4 Å². The van der Waals surface area contributed by atoms with E-state index in [9.17, 15) is 9.59 Å². The summed E-state index contributed by atoms with van der Waals surface area (Å²) in [4.78, 5) is 32.6. The zero-order valence-electron chi connectivity index (χ0n) is 18.1. The second-order valence-electron chi connectivity index (χ2n) is 8.13. The molecule has 1 amide bonds. The molecule has 3 aromatic heterocycles. The third kappa shape index (κ3) is 3.47. The highest BCUT2D eigenvalue weighted by Crippen LogP contribution is 2.24. The first-order valence-electron chi connectivity index (χ1n) is 10.8. The van der Waals surface area contributed by atoms with Gasteiger partial charge < -0.3 is 9.47 Å². The van der Waals surface area contributed by atoms with Crippen molar-refractivity contribution in [1.29, 1.82) is 0 Å². The topological polar surface area (TPSA) is 85.9 Å². The maximum absolute atomic E-state index is 13.3. The quantitative estimate of drug-likeness (QED) is 0.499. The summed E-state index contributed by atoms with van der Waals surface area (Å²) >= 11 is 0. The molecule has 32 heavy (non-hydrogen) atoms. The molecule has 4 aromatic rings. The predicted octanol–water partition coefficient (Wildman–Crippen LogP) is 3.07. The number of carbonyl (C=O) groups is 1. The second-order valence-corrected chi connectivity index (χ2v) is 8.13. The van der Waals surface area contributed by atoms with Gasteiger partial charge in [-0.05, 0) is 32.4 Å². The summed E-state index contributed by atoms with van der Waals surface area (Å²) in [6.45, 7) is 5.55. The highest BCUT2D eigenvalue weighted by Gasteiger charge is 2.30. The minimum absolute atomic E-state index is 0.0297. The van der Waals surface area contributed by atoms with Crippen molar-refractivity contribution in [3.05, 3.63) is 76.3 Å². The number of carbonyl (C=O) groups excluding carboxylic acids is 1. The fourth-order valence-corrected chi connectivity index (χ4v) is 4.26. The molecular formula is C24H24N6O2. The van der Waals surface area contributed by atoms with E-state index in [1.54, 1.807) is 23.2 Å². The van der Waals surface area contributed by atoms with E-state index in [4.69, 9.17) is 0 Å². The van der Waals surface area contributed by atoms with E-state index in [-0.39, 0.29) is 22.9 Å². The summed E-state index contributed by atoms with van der Waals surface area (Å²) < 4.78 is 3.70. The van der Waals surface area contributed by atoms with E-state index in [1.165, 1.54) is 0 Å². The molecule has 1 aromatic carbocycles. The highest BCUT2D eigenvalue weighted by molar-refractivity contribution is 5.97. The van der Waals surface area contributed by atoms with Gasteiger partial charge in [0.2, 0.25) is 5.43 Å². The molecule has 5 rings (SSSR count). The first kappa shape index (κ1) is 20.1. The fourth-order valence-electron chi connectivity index (χ4n) is 4.26. The third-order valence-electron chi connectivity index (χ3n) is 6.04. The molecule has 0 bridgehead atoms. The Kier molecular flexibility index (Phi) is 5.05. The van der Waals surface area contributed by atoms with Gasteiger partial charge in [-0.2, -0.15) is 0 Å². The molecule has 8 nitrogen and oxygen atoms in total. The lowest BCUT2D eigenvalue weighted by Crippen LogP contribution is -2.33. The second kappa shape index (κ2) is 8.03. The normalized spacial score (nSPS) is 16.1. The zero-order chi connectivity index (χ0) is 22.2. The summed E-state index contributed by atoms with van der Waals surface area (Å²) in [7, 11) is 0. The molecule has 0 saturated carbocycles. The summed E-state index contributed by atoms with van der Waals surface area (Å²) in [5.74, 6) is -0.245. The molecule has 0 unspecified atom stereocenters. The number of pyridine rings is 2. The lowest BCUT2D eigenvalue weighted by atomic mass is 10.1. The molecule has 1 saturated heterocycles. The lowest BCUT2D eigenvalue weighted by molar-refractivity contribution is 0.0785. The maximum Gasteiger partial charge on any atom is 0.259 e. The van der Waals surface area contributed by atoms with Gasteiger partial charge in [0, 0.05) is 37.1 Å². The molecule has 0 aliphatic carbocycles. The largest absolute Gasteiger partial charge is 0.336 e. The molecule has 0 spiro atoms. The smallest absolute Gasteiger partial charge is 0.259 e. The minimum Gasteiger partial charge on any atom is -0.336 e. The molecule has 4 heterocycles. The summed E-state index contributed by atoms with van der Waals surface area (Å²) in [6, 6.07) is 13.5. The average molecular weight is 428 g/mol. The minimum atomic E-state index is -0.266. The van der Waals surface area contributed by atoms with Crippen molar-refractivity contribution in [2.75, 3.05) is 13.1 Å². The molecule has 0 radical (unpaired) electrons. The highest BCUT2D eigenvalue weighted by atomic mass is 16.2. The number of likely N-dealkylation sites (tertiary alicyclic amines) is 1. The SMILES string of the molecule is CCn1cc(C(=O)N2CC[C@@H](n3cc(-c4ccccc4)nn3)C2)c(=O)c2ccc(C)nc21. The van der Waals surface area contributed by atoms with E-state index in [1.807, 2.05) is 59.6 Å². The van der Waals surface area contributed by atoms with Gasteiger partial charge in [-0.15, -0.1) is 5.10 Å². The first-order chi connectivity index (χ1) is 15.5. The van der Waals surface area contributed by atoms with Crippen LogP contribution < -0.4 is 5.43 Å². The van der Waals surface area contributed by atoms with E-state index in [2.05, 4.69) is 15.3 Å². The van der Waals surface area contributed by atoms with E-state index >= 15 is 0 Å². The van der Waals surface area contributed by atoms with Crippen LogP contribution in [0.5, 0.6) is 0 Å². The van der Waals surface area contributed by atoms with E-state index in [0.717, 1.165) is 23.4 Å². The van der Waals surface area contributed by atoms with Crippen LogP contribution in [-0.2, 0) is 6.54 Å². The Labute approximate surface area is 185 Å². The molecular weight excluding hydrogens is 404 g/mol. The fraction of sp³-hybridized carbons (Fsp3) is 0.292. The molecule has 1 aliphatic rings. The van der Waals surface area contributed by atoms with Gasteiger partial charge in [0.15, 0.2) is 0 Å². The number of hydrogen-bond acceptors (Lipinski definition) is 5. The van der Waals surface area contributed by atoms with Crippen LogP contribution in [-0.4, -0.2) is 48.4 Å². The molecule has 162 valence electrons. The molecule has 1 atom stereocenters. The predicted molar refractivity (Wildman–Crippen MR) is 121 cm³/mol. The standard InChI is InChI=1S/C24H24N6O2/c1-3-28-14-20(22(31)19-10-9-16(2)25-23(19)28)24(32)29-12-11-18(13-29)30-15-21(26-27-30)17-7-5-4-6-8-17/h4-10,14-15,18H,3,11-13H2,1-2H3/t18-/m1/s1. The Morgan fingerprint density at radius 2 is 1.94 bits per heavy atom. The van der Waals surface area contributed by atoms with Crippen LogP contribution in [0.15, 0.2) is 59.7 Å². The van der Waals surface area contributed by atoms with Gasteiger partial charge in [0.25, 0.3) is 5.91 Å². The van der Waals surface area contributed by atoms with Gasteiger partial charge in [-0.3, -0.25) is 9.59 Å². The van der Waals surface area contributed by atoms with Crippen LogP contribution in [0, 0.1) is 6.92 Å². The number of aromatic nitrogens is 5. The molecule has 1 fully saturated rings. The van der Waals surface area contributed by atoms with Gasteiger partial charge in [0.1, 0.15) is 16.9 Å². The van der Waals surface area contributed by atoms with Gasteiger partial charge in [0.05, 0.1) is 17.6 Å². The Hall–Kier alpha value is -3.81. The van der Waals surface area contributed by atoms with Gasteiger partial charge in [-0.1, -0.05) is 35.5 Å². The van der Waals surface area contributed by atoms with E-state index in [0.29, 0.717) is 30.7 Å². The van der Waals surface area contributed by atoms with Crippen molar-refractivity contribution < 1.29 is 4.79 Å². The Bertz CT molecular complexity index is 1360. The van der Waals surface area contributed by atoms with Gasteiger partial charge in [-0.25, -0.2) is 9.67 Å². The van der Waals surface area contributed by atoms with E-state index < -0.39 is 0 Å². The zero-order valence-corrected chi connectivity index (χ0v) is 18.1. The van der Waals surface area contributed by atoms with Crippen molar-refractivity contribution >= 4 is 16.9 Å². The van der Waals surface area contributed by atoms with Crippen LogP contribution in [0.3, 0.4) is 0 Å². The molecule has 0 N–H and O–H groups in total. The van der Waals surface area contributed by atoms with Crippen LogP contribution in [0.4, 0.5) is 0 Å². The van der Waals surface area contributed by atoms with Crippen molar-refractivity contribution in [2.24, 2.45) is 0 Å². The molecule has 8 heteroatoms. The Morgan fingerprint density at radius 3 is 2.72 bits per heavy atom. The number of fused-ring (bicyclic) bond motifs is 1. The summed E-state index contributed by atoms with van der Waals surface area (Å²) in [6.07, 6.45) is 4.33. The summed E-state index contributed by atoms with van der Waals surface area (Å²) in [5.41, 5.74) is 3.18. The monoisotopic (exact) mass is 428 g/mol. The Balaban J connectivity index is 1.40. The number of rotatable bonds is 4. The first-order valence-corrected chi connectivity index (χ1v) is 10.8. The number of nitrogens with zero attached hydrogens (tertiary/aromatic N) is 6. The number of aryl methyl sites for hydroxylation is 2. The van der Waals surface area contributed by atoms with Crippen LogP contribution >= 0.6 is 0 Å². The number of benzene rings is 1. The third-order valence-corrected chi connectivity index (χ3v) is 6.04. The van der Waals surface area contributed by atoms with Crippen LogP contribution in [0.1, 0.15) is 35.4 Å². The summed E-state index contributed by atoms with van der Waals surface area (Å²) in [5, 5.41) is 9.05. The van der Waals surface area contributed by atoms with Crippen molar-refractivity contribution in [3.8, 4) is 11.3 Å². The van der Waals surface area contributed by atoms with Gasteiger partial charge >= 0.3 is 0 Å².